The Morgan fingerprint density at radius 3 is 2.76 bits per heavy atom. The van der Waals surface area contributed by atoms with E-state index in [-0.39, 0.29) is 18.9 Å². The molecule has 1 aliphatic heterocycles. The maximum absolute atomic E-state index is 12.8. The van der Waals surface area contributed by atoms with Gasteiger partial charge in [-0.15, -0.1) is 0 Å². The molecule has 1 aromatic carbocycles. The molecule has 1 atom stereocenters. The van der Waals surface area contributed by atoms with Gasteiger partial charge in [0.05, 0.1) is 6.26 Å². The molecule has 2 heterocycles. The maximum Gasteiger partial charge on any atom is 0.326 e. The molecule has 1 N–H and O–H groups in total. The quantitative estimate of drug-likeness (QED) is 0.265. The molecule has 34 heavy (non-hydrogen) atoms. The zero-order valence-electron chi connectivity index (χ0n) is 19.9. The van der Waals surface area contributed by atoms with E-state index in [0.29, 0.717) is 18.1 Å². The second-order valence-corrected chi connectivity index (χ2v) is 8.80. The van der Waals surface area contributed by atoms with E-state index in [9.17, 15) is 14.7 Å². The molecule has 0 unspecified atom stereocenters. The summed E-state index contributed by atoms with van der Waals surface area (Å²) >= 11 is 0. The lowest BCUT2D eigenvalue weighted by molar-refractivity contribution is -0.149. The van der Waals surface area contributed by atoms with Crippen LogP contribution in [-0.2, 0) is 22.6 Å². The van der Waals surface area contributed by atoms with Gasteiger partial charge in [-0.3, -0.25) is 4.79 Å². The number of hydrogen-bond donors (Lipinski definition) is 1. The van der Waals surface area contributed by atoms with Crippen molar-refractivity contribution in [1.82, 2.24) is 4.90 Å². The van der Waals surface area contributed by atoms with Crippen LogP contribution in [0.3, 0.4) is 0 Å². The largest absolute Gasteiger partial charge is 0.490 e. The number of rotatable bonds is 11. The maximum atomic E-state index is 12.8. The smallest absolute Gasteiger partial charge is 0.326 e. The zero-order chi connectivity index (χ0) is 24.3. The van der Waals surface area contributed by atoms with Gasteiger partial charge in [-0.1, -0.05) is 44.6 Å². The van der Waals surface area contributed by atoms with Crippen LogP contribution in [0.25, 0.3) is 6.08 Å². The number of carboxylic acid groups (broad SMARTS) is 1. The van der Waals surface area contributed by atoms with E-state index in [2.05, 4.69) is 19.9 Å². The molecular weight excluding hydrogens is 430 g/mol. The average Bonchev–Trinajstić information content (AvgIpc) is 3.34. The van der Waals surface area contributed by atoms with Gasteiger partial charge in [0, 0.05) is 19.0 Å². The number of fused-ring (bicyclic) bond motifs is 1. The van der Waals surface area contributed by atoms with Crippen LogP contribution >= 0.6 is 0 Å². The standard InChI is InChI=1S/C28H33NO5/c1-21(2)10-7-5-3-4-6-8-16-34-25-13-12-22-19-26(28(31)32)29(20-23(22)18-25)27(30)15-14-24-11-9-17-33-24/h3-4,6,8-9,11-15,17-18,21,26H,5,7,10,16,19-20H2,1-2H3,(H,31,32)/b4-3+,8-6+,15-14+/t26-/m0/s1. The fraction of sp³-hybridized carbons (Fsp3) is 0.357. The van der Waals surface area contributed by atoms with E-state index in [0.717, 1.165) is 23.5 Å². The fourth-order valence-electron chi connectivity index (χ4n) is 3.84. The molecule has 2 aromatic rings. The first-order chi connectivity index (χ1) is 16.4. The van der Waals surface area contributed by atoms with Gasteiger partial charge in [-0.2, -0.15) is 0 Å². The lowest BCUT2D eigenvalue weighted by atomic mass is 9.93. The van der Waals surface area contributed by atoms with E-state index in [1.54, 1.807) is 18.2 Å². The van der Waals surface area contributed by atoms with Crippen LogP contribution in [0, 0.1) is 5.92 Å². The Hall–Kier alpha value is -3.54. The van der Waals surface area contributed by atoms with E-state index in [1.165, 1.54) is 30.1 Å². The number of nitrogens with zero attached hydrogens (tertiary/aromatic N) is 1. The van der Waals surface area contributed by atoms with E-state index >= 15 is 0 Å². The summed E-state index contributed by atoms with van der Waals surface area (Å²) in [6, 6.07) is 8.16. The Kier molecular flexibility index (Phi) is 9.32. The summed E-state index contributed by atoms with van der Waals surface area (Å²) in [5.41, 5.74) is 1.81. The van der Waals surface area contributed by atoms with Crippen molar-refractivity contribution in [3.05, 3.63) is 83.9 Å². The predicted octanol–water partition coefficient (Wildman–Crippen LogP) is 5.65. The Morgan fingerprint density at radius 2 is 2.03 bits per heavy atom. The number of amides is 1. The third-order valence-corrected chi connectivity index (χ3v) is 5.69. The minimum absolute atomic E-state index is 0.208. The fourth-order valence-corrected chi connectivity index (χ4v) is 3.84. The molecule has 1 amide bonds. The van der Waals surface area contributed by atoms with Gasteiger partial charge in [-0.05, 0) is 66.3 Å². The molecule has 3 rings (SSSR count). The summed E-state index contributed by atoms with van der Waals surface area (Å²) in [4.78, 5) is 26.0. The number of allylic oxidation sites excluding steroid dienone is 3. The van der Waals surface area contributed by atoms with Gasteiger partial charge in [0.2, 0.25) is 5.91 Å². The molecule has 1 aromatic heterocycles. The lowest BCUT2D eigenvalue weighted by Crippen LogP contribution is -2.48. The molecule has 6 heteroatoms. The minimum atomic E-state index is -1.02. The minimum Gasteiger partial charge on any atom is -0.490 e. The molecule has 0 fully saturated rings. The molecular formula is C28H33NO5. The number of carboxylic acids is 1. The van der Waals surface area contributed by atoms with Gasteiger partial charge in [0.25, 0.3) is 0 Å². The number of aliphatic carboxylic acids is 1. The molecule has 6 nitrogen and oxygen atoms in total. The Morgan fingerprint density at radius 1 is 1.21 bits per heavy atom. The first-order valence-electron chi connectivity index (χ1n) is 11.8. The summed E-state index contributed by atoms with van der Waals surface area (Å²) in [5, 5.41) is 9.67. The molecule has 1 aliphatic rings. The Bertz CT molecular complexity index is 1030. The second-order valence-electron chi connectivity index (χ2n) is 8.80. The van der Waals surface area contributed by atoms with Gasteiger partial charge in [-0.25, -0.2) is 4.79 Å². The van der Waals surface area contributed by atoms with Gasteiger partial charge >= 0.3 is 5.97 Å². The van der Waals surface area contributed by atoms with Crippen molar-refractivity contribution in [2.24, 2.45) is 5.92 Å². The molecule has 0 saturated carbocycles. The Labute approximate surface area is 201 Å². The Balaban J connectivity index is 1.58. The van der Waals surface area contributed by atoms with Gasteiger partial charge in [0.15, 0.2) is 0 Å². The zero-order valence-corrected chi connectivity index (χ0v) is 19.9. The molecule has 0 bridgehead atoms. The van der Waals surface area contributed by atoms with Crippen LogP contribution in [0.5, 0.6) is 5.75 Å². The highest BCUT2D eigenvalue weighted by Crippen LogP contribution is 2.28. The lowest BCUT2D eigenvalue weighted by Gasteiger charge is -2.34. The highest BCUT2D eigenvalue weighted by atomic mass is 16.5. The van der Waals surface area contributed by atoms with E-state index in [4.69, 9.17) is 9.15 Å². The molecule has 0 aliphatic carbocycles. The SMILES string of the molecule is CC(C)CCC/C=C/C=C/COc1ccc2c(c1)CN(C(=O)/C=C/c1ccco1)[C@H](C(=O)O)C2. The van der Waals surface area contributed by atoms with Crippen LogP contribution < -0.4 is 4.74 Å². The number of carbonyl (C=O) groups excluding carboxylic acids is 1. The van der Waals surface area contributed by atoms with Crippen LogP contribution in [0.4, 0.5) is 0 Å². The summed E-state index contributed by atoms with van der Waals surface area (Å²) in [6.45, 7) is 5.11. The van der Waals surface area contributed by atoms with Gasteiger partial charge in [0.1, 0.15) is 24.2 Å². The summed E-state index contributed by atoms with van der Waals surface area (Å²) in [7, 11) is 0. The van der Waals surface area contributed by atoms with Crippen molar-refractivity contribution in [3.63, 3.8) is 0 Å². The number of benzene rings is 1. The van der Waals surface area contributed by atoms with E-state index < -0.39 is 12.0 Å². The van der Waals surface area contributed by atoms with Crippen LogP contribution in [0.15, 0.2) is 71.4 Å². The molecule has 0 spiro atoms. The summed E-state index contributed by atoms with van der Waals surface area (Å²) in [5.74, 6) is 0.577. The van der Waals surface area contributed by atoms with Crippen LogP contribution in [0.1, 0.15) is 50.0 Å². The van der Waals surface area contributed by atoms with Gasteiger partial charge < -0.3 is 19.2 Å². The average molecular weight is 464 g/mol. The molecule has 180 valence electrons. The predicted molar refractivity (Wildman–Crippen MR) is 132 cm³/mol. The topological polar surface area (TPSA) is 80.0 Å². The first-order valence-corrected chi connectivity index (χ1v) is 11.8. The van der Waals surface area contributed by atoms with Crippen molar-refractivity contribution in [3.8, 4) is 5.75 Å². The molecule has 0 radical (unpaired) electrons. The second kappa shape index (κ2) is 12.6. The number of unbranched alkanes of at least 4 members (excludes halogenated alkanes) is 1. The molecule has 0 saturated heterocycles. The normalized spacial score (nSPS) is 16.1. The number of carbonyl (C=O) groups is 2. The van der Waals surface area contributed by atoms with Crippen molar-refractivity contribution in [2.75, 3.05) is 6.61 Å². The summed E-state index contributed by atoms with van der Waals surface area (Å²) in [6.07, 6.45) is 16.3. The monoisotopic (exact) mass is 463 g/mol. The third-order valence-electron chi connectivity index (χ3n) is 5.69. The van der Waals surface area contributed by atoms with Crippen molar-refractivity contribution in [2.45, 2.75) is 52.1 Å². The summed E-state index contributed by atoms with van der Waals surface area (Å²) < 4.78 is 11.0. The van der Waals surface area contributed by atoms with Crippen LogP contribution in [-0.4, -0.2) is 34.5 Å². The highest BCUT2D eigenvalue weighted by molar-refractivity contribution is 5.94. The highest BCUT2D eigenvalue weighted by Gasteiger charge is 2.33. The first kappa shape index (κ1) is 25.1. The number of furan rings is 1. The van der Waals surface area contributed by atoms with Crippen LogP contribution in [0.2, 0.25) is 0 Å². The number of hydrogen-bond acceptors (Lipinski definition) is 4. The van der Waals surface area contributed by atoms with E-state index in [1.807, 2.05) is 36.4 Å². The third kappa shape index (κ3) is 7.51. The van der Waals surface area contributed by atoms with Crippen molar-refractivity contribution in [1.29, 1.82) is 0 Å². The van der Waals surface area contributed by atoms with Crippen molar-refractivity contribution < 1.29 is 23.8 Å². The number of ether oxygens (including phenoxy) is 1. The van der Waals surface area contributed by atoms with Crippen molar-refractivity contribution >= 4 is 18.0 Å².